The van der Waals surface area contributed by atoms with Crippen molar-refractivity contribution in [1.82, 2.24) is 19.8 Å². The van der Waals surface area contributed by atoms with Crippen LogP contribution in [0.4, 0.5) is 5.69 Å². The van der Waals surface area contributed by atoms with Crippen molar-refractivity contribution in [1.29, 1.82) is 0 Å². The first-order valence-electron chi connectivity index (χ1n) is 8.32. The summed E-state index contributed by atoms with van der Waals surface area (Å²) in [6.07, 6.45) is 0.355. The van der Waals surface area contributed by atoms with Crippen LogP contribution in [0.3, 0.4) is 0 Å². The van der Waals surface area contributed by atoms with Gasteiger partial charge in [-0.1, -0.05) is 42.5 Å². The van der Waals surface area contributed by atoms with Gasteiger partial charge in [-0.2, -0.15) is 9.61 Å². The standard InChI is InChI=1S/C20H17N5O/c1-14-22-23-19-12-11-18(24-25(14)19)16-7-9-17(10-8-16)21-20(26)13-15-5-3-2-4-6-15/h2-12H,13H2,1H3,(H,21,26). The SMILES string of the molecule is Cc1nnc2ccc(-c3ccc(NC(=O)Cc4ccccc4)cc3)nn12. The van der Waals surface area contributed by atoms with Crippen LogP contribution in [0.15, 0.2) is 66.7 Å². The molecular formula is C20H17N5O. The Morgan fingerprint density at radius 2 is 1.73 bits per heavy atom. The largest absolute Gasteiger partial charge is 0.326 e. The molecule has 0 unspecified atom stereocenters. The van der Waals surface area contributed by atoms with Crippen LogP contribution in [0.1, 0.15) is 11.4 Å². The Balaban J connectivity index is 1.49. The van der Waals surface area contributed by atoms with Crippen molar-refractivity contribution in [3.8, 4) is 11.3 Å². The Morgan fingerprint density at radius 3 is 2.50 bits per heavy atom. The lowest BCUT2D eigenvalue weighted by Gasteiger charge is -2.07. The first kappa shape index (κ1) is 16.0. The third-order valence-corrected chi connectivity index (χ3v) is 4.09. The number of hydrogen-bond acceptors (Lipinski definition) is 4. The molecular weight excluding hydrogens is 326 g/mol. The average Bonchev–Trinajstić information content (AvgIpc) is 3.03. The van der Waals surface area contributed by atoms with Gasteiger partial charge >= 0.3 is 0 Å². The Kier molecular flexibility index (Phi) is 4.15. The van der Waals surface area contributed by atoms with Crippen molar-refractivity contribution in [2.24, 2.45) is 0 Å². The molecule has 26 heavy (non-hydrogen) atoms. The average molecular weight is 343 g/mol. The Morgan fingerprint density at radius 1 is 0.962 bits per heavy atom. The highest BCUT2D eigenvalue weighted by atomic mass is 16.1. The Bertz CT molecular complexity index is 1050. The van der Waals surface area contributed by atoms with E-state index in [1.54, 1.807) is 4.52 Å². The zero-order valence-corrected chi connectivity index (χ0v) is 14.3. The van der Waals surface area contributed by atoms with Crippen molar-refractivity contribution < 1.29 is 4.79 Å². The zero-order chi connectivity index (χ0) is 17.9. The van der Waals surface area contributed by atoms with Gasteiger partial charge in [0.1, 0.15) is 0 Å². The molecule has 0 radical (unpaired) electrons. The van der Waals surface area contributed by atoms with Crippen LogP contribution < -0.4 is 5.32 Å². The maximum Gasteiger partial charge on any atom is 0.228 e. The smallest absolute Gasteiger partial charge is 0.228 e. The first-order chi connectivity index (χ1) is 12.7. The van der Waals surface area contributed by atoms with Crippen LogP contribution in [0.2, 0.25) is 0 Å². The third-order valence-electron chi connectivity index (χ3n) is 4.09. The van der Waals surface area contributed by atoms with Gasteiger partial charge in [-0.05, 0) is 36.8 Å². The number of nitrogens with one attached hydrogen (secondary N) is 1. The molecule has 0 spiro atoms. The van der Waals surface area contributed by atoms with Gasteiger partial charge in [0.25, 0.3) is 0 Å². The summed E-state index contributed by atoms with van der Waals surface area (Å²) < 4.78 is 1.71. The van der Waals surface area contributed by atoms with Gasteiger partial charge in [0.05, 0.1) is 12.1 Å². The summed E-state index contributed by atoms with van der Waals surface area (Å²) in [5.74, 6) is 0.704. The molecule has 4 aromatic rings. The van der Waals surface area contributed by atoms with Gasteiger partial charge in [-0.15, -0.1) is 10.2 Å². The summed E-state index contributed by atoms with van der Waals surface area (Å²) in [5.41, 5.74) is 4.25. The number of hydrogen-bond donors (Lipinski definition) is 1. The number of aromatic nitrogens is 4. The highest BCUT2D eigenvalue weighted by Crippen LogP contribution is 2.20. The van der Waals surface area contributed by atoms with Crippen LogP contribution in [-0.4, -0.2) is 25.7 Å². The lowest BCUT2D eigenvalue weighted by atomic mass is 10.1. The second-order valence-electron chi connectivity index (χ2n) is 6.02. The summed E-state index contributed by atoms with van der Waals surface area (Å²) in [6, 6.07) is 21.1. The molecule has 4 rings (SSSR count). The van der Waals surface area contributed by atoms with E-state index in [2.05, 4.69) is 20.6 Å². The molecule has 1 N–H and O–H groups in total. The van der Waals surface area contributed by atoms with E-state index in [0.29, 0.717) is 6.42 Å². The maximum absolute atomic E-state index is 12.2. The van der Waals surface area contributed by atoms with E-state index in [1.807, 2.05) is 73.7 Å². The third kappa shape index (κ3) is 3.30. The Labute approximate surface area is 150 Å². The molecule has 0 fully saturated rings. The van der Waals surface area contributed by atoms with E-state index in [1.165, 1.54) is 0 Å². The molecule has 0 aliphatic heterocycles. The summed E-state index contributed by atoms with van der Waals surface area (Å²) >= 11 is 0. The summed E-state index contributed by atoms with van der Waals surface area (Å²) in [4.78, 5) is 12.2. The predicted octanol–water partition coefficient (Wildman–Crippen LogP) is 3.28. The lowest BCUT2D eigenvalue weighted by Crippen LogP contribution is -2.14. The minimum Gasteiger partial charge on any atom is -0.326 e. The molecule has 2 aromatic heterocycles. The highest BCUT2D eigenvalue weighted by molar-refractivity contribution is 5.92. The fourth-order valence-electron chi connectivity index (χ4n) is 2.76. The highest BCUT2D eigenvalue weighted by Gasteiger charge is 2.07. The summed E-state index contributed by atoms with van der Waals surface area (Å²) in [5, 5.41) is 15.5. The number of carbonyl (C=O) groups excluding carboxylic acids is 1. The fourth-order valence-corrected chi connectivity index (χ4v) is 2.76. The molecule has 2 heterocycles. The van der Waals surface area contributed by atoms with Crippen LogP contribution in [0.25, 0.3) is 16.9 Å². The molecule has 0 aliphatic carbocycles. The molecule has 1 amide bonds. The van der Waals surface area contributed by atoms with Crippen molar-refractivity contribution >= 4 is 17.2 Å². The number of fused-ring (bicyclic) bond motifs is 1. The molecule has 0 bridgehead atoms. The van der Waals surface area contributed by atoms with Crippen molar-refractivity contribution in [3.63, 3.8) is 0 Å². The first-order valence-corrected chi connectivity index (χ1v) is 8.32. The van der Waals surface area contributed by atoms with Gasteiger partial charge in [-0.25, -0.2) is 0 Å². The molecule has 2 aromatic carbocycles. The van der Waals surface area contributed by atoms with Crippen LogP contribution >= 0.6 is 0 Å². The van der Waals surface area contributed by atoms with E-state index in [9.17, 15) is 4.79 Å². The van der Waals surface area contributed by atoms with Crippen LogP contribution in [0.5, 0.6) is 0 Å². The predicted molar refractivity (Wildman–Crippen MR) is 99.7 cm³/mol. The number of anilines is 1. The monoisotopic (exact) mass is 343 g/mol. The fraction of sp³-hybridized carbons (Fsp3) is 0.100. The van der Waals surface area contributed by atoms with E-state index < -0.39 is 0 Å². The molecule has 0 saturated heterocycles. The number of rotatable bonds is 4. The number of carbonyl (C=O) groups is 1. The van der Waals surface area contributed by atoms with Gasteiger partial charge < -0.3 is 5.32 Å². The minimum absolute atomic E-state index is 0.0383. The lowest BCUT2D eigenvalue weighted by molar-refractivity contribution is -0.115. The molecule has 0 atom stereocenters. The van der Waals surface area contributed by atoms with Gasteiger partial charge in [0.15, 0.2) is 11.5 Å². The molecule has 0 aliphatic rings. The van der Waals surface area contributed by atoms with E-state index >= 15 is 0 Å². The minimum atomic E-state index is -0.0383. The van der Waals surface area contributed by atoms with Gasteiger partial charge in [0.2, 0.25) is 5.91 Å². The van der Waals surface area contributed by atoms with Crippen molar-refractivity contribution in [2.75, 3.05) is 5.32 Å². The second kappa shape index (κ2) is 6.76. The summed E-state index contributed by atoms with van der Waals surface area (Å²) in [6.45, 7) is 1.86. The van der Waals surface area contributed by atoms with Gasteiger partial charge in [0, 0.05) is 11.3 Å². The quantitative estimate of drug-likeness (QED) is 0.617. The van der Waals surface area contributed by atoms with Crippen molar-refractivity contribution in [3.05, 3.63) is 78.1 Å². The number of aryl methyl sites for hydroxylation is 1. The molecule has 128 valence electrons. The normalized spacial score (nSPS) is 10.8. The molecule has 6 nitrogen and oxygen atoms in total. The number of amides is 1. The Hall–Kier alpha value is -3.54. The van der Waals surface area contributed by atoms with E-state index in [-0.39, 0.29) is 5.91 Å². The van der Waals surface area contributed by atoms with Crippen molar-refractivity contribution in [2.45, 2.75) is 13.3 Å². The van der Waals surface area contributed by atoms with Crippen LogP contribution in [0, 0.1) is 6.92 Å². The maximum atomic E-state index is 12.2. The van der Waals surface area contributed by atoms with E-state index in [0.717, 1.165) is 34.0 Å². The molecule has 0 saturated carbocycles. The topological polar surface area (TPSA) is 72.2 Å². The second-order valence-corrected chi connectivity index (χ2v) is 6.02. The van der Waals surface area contributed by atoms with E-state index in [4.69, 9.17) is 0 Å². The van der Waals surface area contributed by atoms with Gasteiger partial charge in [-0.3, -0.25) is 4.79 Å². The summed E-state index contributed by atoms with van der Waals surface area (Å²) in [7, 11) is 0. The number of nitrogens with zero attached hydrogens (tertiary/aromatic N) is 4. The number of benzene rings is 2. The van der Waals surface area contributed by atoms with Crippen LogP contribution in [-0.2, 0) is 11.2 Å². The molecule has 6 heteroatoms. The zero-order valence-electron chi connectivity index (χ0n) is 14.3.